The molecule has 7 heteroatoms. The Labute approximate surface area is 147 Å². The SMILES string of the molecule is CN=C(NCCc1nc(-c2cccc(Cl)c2)no1)NCCC(C)C. The van der Waals surface area contributed by atoms with E-state index in [9.17, 15) is 0 Å². The first-order valence-corrected chi connectivity index (χ1v) is 8.49. The predicted molar refractivity (Wildman–Crippen MR) is 97.3 cm³/mol. The van der Waals surface area contributed by atoms with E-state index in [1.165, 1.54) is 0 Å². The maximum atomic E-state index is 5.98. The summed E-state index contributed by atoms with van der Waals surface area (Å²) in [5.74, 6) is 2.58. The molecule has 6 nitrogen and oxygen atoms in total. The van der Waals surface area contributed by atoms with E-state index in [2.05, 4.69) is 39.6 Å². The minimum Gasteiger partial charge on any atom is -0.356 e. The van der Waals surface area contributed by atoms with E-state index in [-0.39, 0.29) is 0 Å². The number of benzene rings is 1. The molecular weight excluding hydrogens is 326 g/mol. The number of nitrogens with one attached hydrogen (secondary N) is 2. The lowest BCUT2D eigenvalue weighted by molar-refractivity contribution is 0.378. The molecule has 1 aromatic carbocycles. The fourth-order valence-corrected chi connectivity index (χ4v) is 2.28. The minimum atomic E-state index is 0.548. The Balaban J connectivity index is 1.80. The van der Waals surface area contributed by atoms with Crippen LogP contribution in [0.15, 0.2) is 33.8 Å². The normalized spacial score (nSPS) is 11.8. The van der Waals surface area contributed by atoms with Gasteiger partial charge in [-0.05, 0) is 24.5 Å². The van der Waals surface area contributed by atoms with E-state index < -0.39 is 0 Å². The summed E-state index contributed by atoms with van der Waals surface area (Å²) in [4.78, 5) is 8.58. The summed E-state index contributed by atoms with van der Waals surface area (Å²) in [6.45, 7) is 5.96. The first kappa shape index (κ1) is 18.3. The van der Waals surface area contributed by atoms with Crippen LogP contribution in [0.1, 0.15) is 26.2 Å². The summed E-state index contributed by atoms with van der Waals surface area (Å²) in [6, 6.07) is 7.39. The molecule has 0 radical (unpaired) electrons. The third kappa shape index (κ3) is 5.85. The molecule has 0 spiro atoms. The quantitative estimate of drug-likeness (QED) is 0.593. The van der Waals surface area contributed by atoms with Crippen molar-refractivity contribution >= 4 is 17.6 Å². The predicted octanol–water partition coefficient (Wildman–Crippen LogP) is 3.14. The van der Waals surface area contributed by atoms with Gasteiger partial charge in [0.25, 0.3) is 0 Å². The number of rotatable bonds is 7. The van der Waals surface area contributed by atoms with Gasteiger partial charge in [-0.1, -0.05) is 42.7 Å². The Kier molecular flexibility index (Phi) is 7.06. The molecule has 0 bridgehead atoms. The number of aliphatic imine (C=N–C) groups is 1. The standard InChI is InChI=1S/C17H24ClN5O/c1-12(2)7-9-20-17(19-3)21-10-8-15-22-16(23-24-15)13-5-4-6-14(18)11-13/h4-6,11-12H,7-10H2,1-3H3,(H2,19,20,21). The number of hydrogen-bond acceptors (Lipinski definition) is 4. The first-order valence-electron chi connectivity index (χ1n) is 8.11. The smallest absolute Gasteiger partial charge is 0.228 e. The van der Waals surface area contributed by atoms with Crippen LogP contribution < -0.4 is 10.6 Å². The van der Waals surface area contributed by atoms with Crippen molar-refractivity contribution in [2.24, 2.45) is 10.9 Å². The van der Waals surface area contributed by atoms with Gasteiger partial charge in [0.15, 0.2) is 5.96 Å². The molecule has 0 fully saturated rings. The summed E-state index contributed by atoms with van der Waals surface area (Å²) < 4.78 is 5.28. The number of nitrogens with zero attached hydrogens (tertiary/aromatic N) is 3. The van der Waals surface area contributed by atoms with E-state index in [4.69, 9.17) is 16.1 Å². The molecule has 0 saturated heterocycles. The third-order valence-corrected chi connectivity index (χ3v) is 3.66. The van der Waals surface area contributed by atoms with Crippen LogP contribution in [0.4, 0.5) is 0 Å². The fraction of sp³-hybridized carbons (Fsp3) is 0.471. The van der Waals surface area contributed by atoms with Gasteiger partial charge in [0.2, 0.25) is 11.7 Å². The maximum absolute atomic E-state index is 5.98. The highest BCUT2D eigenvalue weighted by Gasteiger charge is 2.09. The zero-order chi connectivity index (χ0) is 17.4. The molecule has 130 valence electrons. The van der Waals surface area contributed by atoms with E-state index in [0.29, 0.717) is 35.6 Å². The van der Waals surface area contributed by atoms with Gasteiger partial charge >= 0.3 is 0 Å². The molecular formula is C17H24ClN5O. The molecule has 0 amide bonds. The zero-order valence-electron chi connectivity index (χ0n) is 14.3. The van der Waals surface area contributed by atoms with Crippen molar-refractivity contribution in [1.82, 2.24) is 20.8 Å². The summed E-state index contributed by atoms with van der Waals surface area (Å²) >= 11 is 5.98. The maximum Gasteiger partial charge on any atom is 0.228 e. The molecule has 2 aromatic rings. The van der Waals surface area contributed by atoms with Crippen LogP contribution in [0.2, 0.25) is 5.02 Å². The number of halogens is 1. The van der Waals surface area contributed by atoms with Gasteiger partial charge in [-0.2, -0.15) is 4.98 Å². The summed E-state index contributed by atoms with van der Waals surface area (Å²) in [7, 11) is 1.76. The van der Waals surface area contributed by atoms with E-state index in [1.807, 2.05) is 24.3 Å². The Morgan fingerprint density at radius 2 is 2.08 bits per heavy atom. The molecule has 0 aliphatic carbocycles. The van der Waals surface area contributed by atoms with E-state index in [0.717, 1.165) is 24.5 Å². The Hall–Kier alpha value is -2.08. The van der Waals surface area contributed by atoms with Crippen LogP contribution in [0.5, 0.6) is 0 Å². The van der Waals surface area contributed by atoms with Crippen molar-refractivity contribution in [3.63, 3.8) is 0 Å². The van der Waals surface area contributed by atoms with Crippen LogP contribution in [0.25, 0.3) is 11.4 Å². The monoisotopic (exact) mass is 349 g/mol. The van der Waals surface area contributed by atoms with Crippen LogP contribution in [-0.2, 0) is 6.42 Å². The third-order valence-electron chi connectivity index (χ3n) is 3.42. The second-order valence-electron chi connectivity index (χ2n) is 5.88. The highest BCUT2D eigenvalue weighted by molar-refractivity contribution is 6.30. The summed E-state index contributed by atoms with van der Waals surface area (Å²) in [5, 5.41) is 11.2. The number of aromatic nitrogens is 2. The summed E-state index contributed by atoms with van der Waals surface area (Å²) in [5.41, 5.74) is 0.844. The fourth-order valence-electron chi connectivity index (χ4n) is 2.09. The molecule has 0 unspecified atom stereocenters. The number of hydrogen-bond donors (Lipinski definition) is 2. The first-order chi connectivity index (χ1) is 11.6. The molecule has 0 atom stereocenters. The van der Waals surface area contributed by atoms with Crippen molar-refractivity contribution in [1.29, 1.82) is 0 Å². The van der Waals surface area contributed by atoms with E-state index in [1.54, 1.807) is 7.05 Å². The average Bonchev–Trinajstić information content (AvgIpc) is 3.02. The molecule has 2 rings (SSSR count). The van der Waals surface area contributed by atoms with Gasteiger partial charge in [0.05, 0.1) is 0 Å². The Morgan fingerprint density at radius 3 is 2.79 bits per heavy atom. The lowest BCUT2D eigenvalue weighted by Crippen LogP contribution is -2.39. The highest BCUT2D eigenvalue weighted by atomic mass is 35.5. The topological polar surface area (TPSA) is 75.3 Å². The van der Waals surface area contributed by atoms with Gasteiger partial charge in [-0.15, -0.1) is 0 Å². The molecule has 0 aliphatic rings. The van der Waals surface area contributed by atoms with Gasteiger partial charge in [0, 0.05) is 37.1 Å². The molecule has 0 saturated carbocycles. The molecule has 0 aliphatic heterocycles. The van der Waals surface area contributed by atoms with Crippen LogP contribution >= 0.6 is 11.6 Å². The van der Waals surface area contributed by atoms with Gasteiger partial charge in [-0.3, -0.25) is 4.99 Å². The second kappa shape index (κ2) is 9.27. The largest absolute Gasteiger partial charge is 0.356 e. The van der Waals surface area contributed by atoms with Crippen molar-refractivity contribution in [2.45, 2.75) is 26.7 Å². The van der Waals surface area contributed by atoms with Crippen molar-refractivity contribution < 1.29 is 4.52 Å². The lowest BCUT2D eigenvalue weighted by Gasteiger charge is -2.11. The number of guanidine groups is 1. The van der Waals surface area contributed by atoms with Crippen molar-refractivity contribution in [3.8, 4) is 11.4 Å². The Morgan fingerprint density at radius 1 is 1.29 bits per heavy atom. The van der Waals surface area contributed by atoms with Gasteiger partial charge < -0.3 is 15.2 Å². The van der Waals surface area contributed by atoms with Crippen LogP contribution in [0, 0.1) is 5.92 Å². The molecule has 2 N–H and O–H groups in total. The molecule has 24 heavy (non-hydrogen) atoms. The highest BCUT2D eigenvalue weighted by Crippen LogP contribution is 2.19. The molecule has 1 heterocycles. The van der Waals surface area contributed by atoms with Gasteiger partial charge in [-0.25, -0.2) is 0 Å². The van der Waals surface area contributed by atoms with E-state index >= 15 is 0 Å². The molecule has 1 aromatic heterocycles. The zero-order valence-corrected chi connectivity index (χ0v) is 15.1. The van der Waals surface area contributed by atoms with Crippen molar-refractivity contribution in [3.05, 3.63) is 35.2 Å². The lowest BCUT2D eigenvalue weighted by atomic mass is 10.1. The van der Waals surface area contributed by atoms with Crippen molar-refractivity contribution in [2.75, 3.05) is 20.1 Å². The van der Waals surface area contributed by atoms with Crippen LogP contribution in [0.3, 0.4) is 0 Å². The average molecular weight is 350 g/mol. The second-order valence-corrected chi connectivity index (χ2v) is 6.32. The summed E-state index contributed by atoms with van der Waals surface area (Å²) in [6.07, 6.45) is 1.73. The van der Waals surface area contributed by atoms with Crippen LogP contribution in [-0.4, -0.2) is 36.2 Å². The van der Waals surface area contributed by atoms with Gasteiger partial charge in [0.1, 0.15) is 0 Å². The Bertz CT molecular complexity index is 669. The minimum absolute atomic E-state index is 0.548.